The van der Waals surface area contributed by atoms with Crippen LogP contribution in [0.3, 0.4) is 0 Å². The summed E-state index contributed by atoms with van der Waals surface area (Å²) < 4.78 is 76.4. The van der Waals surface area contributed by atoms with E-state index >= 15 is 0 Å². The van der Waals surface area contributed by atoms with Crippen LogP contribution in [0, 0.1) is 10.1 Å². The third-order valence-electron chi connectivity index (χ3n) is 22.9. The van der Waals surface area contributed by atoms with E-state index in [4.69, 9.17) is 111 Å². The number of furan rings is 6. The van der Waals surface area contributed by atoms with Crippen molar-refractivity contribution in [3.05, 3.63) is 337 Å². The first-order valence-corrected chi connectivity index (χ1v) is 50.3. The molecule has 0 fully saturated rings. The Morgan fingerprint density at radius 2 is 0.554 bits per heavy atom. The summed E-state index contributed by atoms with van der Waals surface area (Å²) >= 11 is 48.3. The second-order valence-electron chi connectivity index (χ2n) is 31.4. The summed E-state index contributed by atoms with van der Waals surface area (Å²) in [5.74, 6) is -7.95. The first-order chi connectivity index (χ1) is 70.7. The third kappa shape index (κ3) is 19.5. The maximum absolute atomic E-state index is 12.9. The van der Waals surface area contributed by atoms with E-state index in [1.54, 1.807) is 79.7 Å². The highest BCUT2D eigenvalue weighted by atomic mass is 79.9. The van der Waals surface area contributed by atoms with E-state index < -0.39 is 113 Å². The van der Waals surface area contributed by atoms with Gasteiger partial charge in [0.15, 0.2) is 104 Å². The number of hydrogen-bond acceptors (Lipinski definition) is 34. The van der Waals surface area contributed by atoms with Crippen molar-refractivity contribution in [2.75, 3.05) is 46.4 Å². The fourth-order valence-corrected chi connectivity index (χ4v) is 19.8. The first-order valence-electron chi connectivity index (χ1n) is 42.5. The van der Waals surface area contributed by atoms with E-state index in [-0.39, 0.29) is 163 Å². The number of nitro benzene ring substituents is 1. The Morgan fingerprint density at radius 3 is 0.905 bits per heavy atom. The molecule has 35 nitrogen and oxygen atoms in total. The fraction of sp³-hybridized carbons (Fsp3) is 0.109. The molecule has 10 heterocycles. The van der Waals surface area contributed by atoms with Crippen LogP contribution in [0.4, 0.5) is 5.69 Å². The summed E-state index contributed by atoms with van der Waals surface area (Å²) in [7, 11) is 0. The van der Waals surface area contributed by atoms with Gasteiger partial charge in [-0.2, -0.15) is 0 Å². The number of allylic oxidation sites excluding steroid dienone is 6. The highest BCUT2D eigenvalue weighted by Crippen LogP contribution is 2.48. The quantitative estimate of drug-likeness (QED) is 0.0353. The standard InChI is InChI=1S/C19H14Cl2O6.C17H8Br2O6.C17H8Br2O5.C17H8Cl2O5.C16H6Br2O6.C15H5Br2NO6/c1-3-25-11-6-5-9(7-12(11)26-4-2)16(22)10-8-27-19-13(10)17(23)18(24)14(20)15(19)21;18-12-13(19)17-11(15(21)16(12)22)8(6-25-17)14(20)7-1-2-9-10(5-7)24-4-3-23-9;2*18-12-13(19)17-11(15(21)16(12)22)9(6-24-17)14(20)8-1-2-10-7(5-8)3-4-23-10;17-11-12(18)16-10(14(20)15(11)21)7(4-22-16)13(19)6-1-2-8-9(3-6)24-5-23-8;16-10-11(17)15-9(13(20)14(10)21)8(5-24-15)12(19)6-1-3-7(4-2-6)18(22)23/h5-8H,3-4H2,1-2H3;1-2,5-6H,3-4H2;2*1-2,5-6H,3-4H2;1-4H,5H2;1-5H. The van der Waals surface area contributed by atoms with Crippen LogP contribution in [-0.4, -0.2) is 155 Å². The molecule has 4 aliphatic heterocycles. The highest BCUT2D eigenvalue weighted by Gasteiger charge is 2.46. The molecule has 0 radical (unpaired) electrons. The van der Waals surface area contributed by atoms with Gasteiger partial charge in [0.2, 0.25) is 76.2 Å². The van der Waals surface area contributed by atoms with Crippen molar-refractivity contribution < 1.29 is 156 Å². The zero-order chi connectivity index (χ0) is 106. The van der Waals surface area contributed by atoms with E-state index in [0.29, 0.717) is 116 Å². The number of rotatable bonds is 17. The maximum atomic E-state index is 12.9. The van der Waals surface area contributed by atoms with Crippen LogP contribution >= 0.6 is 174 Å². The number of Topliss-reactive ketones (excluding diaryl/α,β-unsaturated/α-hetero) is 12. The van der Waals surface area contributed by atoms with Gasteiger partial charge in [-0.25, -0.2) is 0 Å². The van der Waals surface area contributed by atoms with Gasteiger partial charge < -0.3 is 64.4 Å². The molecule has 746 valence electrons. The first kappa shape index (κ1) is 106. The number of carbonyl (C=O) groups is 18. The van der Waals surface area contributed by atoms with Gasteiger partial charge >= 0.3 is 0 Å². The van der Waals surface area contributed by atoms with E-state index in [1.807, 2.05) is 6.92 Å². The van der Waals surface area contributed by atoms with Gasteiger partial charge in [-0.05, 0) is 256 Å². The number of nitrogens with zero attached hydrogens (tertiary/aromatic N) is 1. The minimum absolute atomic E-state index is 0.00294. The number of carbonyl (C=O) groups excluding carboxylic acids is 18. The monoisotopic (exact) mass is 2590 g/mol. The number of ether oxygens (including phenoxy) is 8. The lowest BCUT2D eigenvalue weighted by atomic mass is 9.93. The molecule has 0 unspecified atom stereocenters. The lowest BCUT2D eigenvalue weighted by molar-refractivity contribution is -0.384. The highest BCUT2D eigenvalue weighted by molar-refractivity contribution is 9.17. The molecule has 0 atom stereocenters. The average molecular weight is 2600 g/mol. The number of non-ortho nitro benzene ring substituents is 1. The minimum Gasteiger partial charge on any atom is -0.493 e. The minimum atomic E-state index is -0.980. The maximum Gasteiger partial charge on any atom is 0.269 e. The van der Waals surface area contributed by atoms with Crippen molar-refractivity contribution in [3.63, 3.8) is 0 Å². The third-order valence-corrected chi connectivity index (χ3v) is 32.7. The van der Waals surface area contributed by atoms with Crippen LogP contribution in [0.5, 0.6) is 46.0 Å². The summed E-state index contributed by atoms with van der Waals surface area (Å²) in [4.78, 5) is 232. The molecule has 6 aromatic carbocycles. The molecular formula is C101H49Br8Cl4NO34. The summed E-state index contributed by atoms with van der Waals surface area (Å²) in [6.45, 7) is 6.54. The number of benzene rings is 6. The smallest absolute Gasteiger partial charge is 0.269 e. The summed E-state index contributed by atoms with van der Waals surface area (Å²) in [5.41, 5.74) is 2.91. The van der Waals surface area contributed by atoms with Gasteiger partial charge in [0.1, 0.15) is 82.4 Å². The van der Waals surface area contributed by atoms with Crippen molar-refractivity contribution in [2.24, 2.45) is 0 Å². The Balaban J connectivity index is 0.000000121. The molecule has 6 aliphatic carbocycles. The average Bonchev–Trinajstić information content (AvgIpc) is 1.61. The van der Waals surface area contributed by atoms with Gasteiger partial charge in [0, 0.05) is 58.4 Å². The summed E-state index contributed by atoms with van der Waals surface area (Å²) in [6.07, 6.45) is 8.32. The predicted octanol–water partition coefficient (Wildman–Crippen LogP) is 21.9. The van der Waals surface area contributed by atoms with Crippen molar-refractivity contribution in [1.82, 2.24) is 0 Å². The van der Waals surface area contributed by atoms with Gasteiger partial charge in [-0.3, -0.25) is 96.4 Å². The van der Waals surface area contributed by atoms with Crippen LogP contribution in [0.1, 0.15) is 217 Å². The number of halogens is 12. The van der Waals surface area contributed by atoms with Gasteiger partial charge in [-0.15, -0.1) is 0 Å². The van der Waals surface area contributed by atoms with E-state index in [0.717, 1.165) is 47.8 Å². The number of hydrogen-bond donors (Lipinski definition) is 0. The molecule has 12 aromatic rings. The molecule has 6 aromatic heterocycles. The zero-order valence-electron chi connectivity index (χ0n) is 74.2. The Morgan fingerprint density at radius 1 is 0.291 bits per heavy atom. The van der Waals surface area contributed by atoms with E-state index in [1.165, 1.54) is 61.3 Å². The molecule has 47 heteroatoms. The molecule has 0 amide bonds. The molecule has 0 bridgehead atoms. The van der Waals surface area contributed by atoms with E-state index in [2.05, 4.69) is 127 Å². The molecule has 0 spiro atoms. The Hall–Kier alpha value is -13.7. The number of fused-ring (bicyclic) bond motifs is 10. The van der Waals surface area contributed by atoms with Crippen molar-refractivity contribution in [1.29, 1.82) is 0 Å². The predicted molar refractivity (Wildman–Crippen MR) is 548 cm³/mol. The number of ketones is 18. The van der Waals surface area contributed by atoms with E-state index in [9.17, 15) is 96.4 Å². The molecule has 22 rings (SSSR count). The Kier molecular flexibility index (Phi) is 30.9. The lowest BCUT2D eigenvalue weighted by Crippen LogP contribution is -2.22. The van der Waals surface area contributed by atoms with Gasteiger partial charge in [0.25, 0.3) is 5.69 Å². The molecular weight excluding hydrogens is 2550 g/mol. The van der Waals surface area contributed by atoms with Crippen molar-refractivity contribution in [3.8, 4) is 46.0 Å². The summed E-state index contributed by atoms with van der Waals surface area (Å²) in [5, 5.41) is 9.46. The SMILES string of the molecule is CCOc1ccc(C(=O)c2coc3c2C(=O)C(=O)C(Cl)=C3Cl)cc1OCC.O=C1C(=O)c2c(C(=O)c3ccc([N+](=O)[O-])cc3)coc2C(Br)=C1Br.O=C1C(=O)c2c(C(=O)c3ccc4c(c3)CCO4)coc2C(Br)=C1Br.O=C1C(=O)c2c(C(=O)c3ccc4c(c3)CCO4)coc2C(Cl)=C1Cl.O=C1C(=O)c2c(C(=O)c3ccc4c(c3)OCCO4)coc2C(Br)=C1Br.O=C1C(=O)c2c(C(=O)c3ccc4c(c3)OCO4)coc2C(Br)=C1Br. The van der Waals surface area contributed by atoms with Crippen LogP contribution < -0.4 is 37.9 Å². The molecule has 148 heavy (non-hydrogen) atoms. The van der Waals surface area contributed by atoms with Gasteiger partial charge in [0.05, 0.1) is 134 Å². The van der Waals surface area contributed by atoms with Crippen molar-refractivity contribution >= 4 is 312 Å². The van der Waals surface area contributed by atoms with Gasteiger partial charge in [-0.1, -0.05) is 46.4 Å². The second kappa shape index (κ2) is 43.2. The normalized spacial score (nSPS) is 15.2. The molecule has 10 aliphatic rings. The van der Waals surface area contributed by atoms with Crippen molar-refractivity contribution in [2.45, 2.75) is 26.7 Å². The Labute approximate surface area is 914 Å². The molecule has 0 saturated heterocycles. The molecule has 0 saturated carbocycles. The van der Waals surface area contributed by atoms with Crippen LogP contribution in [0.25, 0.3) is 28.0 Å². The topological polar surface area (TPSA) is 503 Å². The zero-order valence-corrected chi connectivity index (χ0v) is 89.9. The number of nitro groups is 1. The lowest BCUT2D eigenvalue weighted by Gasteiger charge is -2.18. The largest absolute Gasteiger partial charge is 0.493 e. The fourth-order valence-electron chi connectivity index (χ4n) is 15.7. The Bertz CT molecular complexity index is 7930. The molecule has 0 N–H and O–H groups in total. The summed E-state index contributed by atoms with van der Waals surface area (Å²) in [6, 6.07) is 29.2. The van der Waals surface area contributed by atoms with Crippen LogP contribution in [0.2, 0.25) is 0 Å². The van der Waals surface area contributed by atoms with Crippen LogP contribution in [-0.2, 0) is 41.6 Å². The second-order valence-corrected chi connectivity index (χ2v) is 39.3. The van der Waals surface area contributed by atoms with Crippen LogP contribution in [0.15, 0.2) is 207 Å².